The lowest BCUT2D eigenvalue weighted by atomic mass is 10.2. The van der Waals surface area contributed by atoms with Gasteiger partial charge in [0, 0.05) is 11.8 Å². The molecular formula is C15H13F2N. The average molecular weight is 245 g/mol. The first-order valence-electron chi connectivity index (χ1n) is 5.64. The van der Waals surface area contributed by atoms with Gasteiger partial charge in [0.05, 0.1) is 0 Å². The Labute approximate surface area is 105 Å². The lowest BCUT2D eigenvalue weighted by Gasteiger charge is -2.10. The third-order valence-electron chi connectivity index (χ3n) is 2.52. The molecule has 0 aromatic heterocycles. The van der Waals surface area contributed by atoms with E-state index in [-0.39, 0.29) is 6.54 Å². The van der Waals surface area contributed by atoms with Crippen molar-refractivity contribution in [3.63, 3.8) is 0 Å². The lowest BCUT2D eigenvalue weighted by molar-refractivity contribution is -0.572. The van der Waals surface area contributed by atoms with E-state index in [2.05, 4.69) is 0 Å². The quantitative estimate of drug-likeness (QED) is 0.334. The number of halogens is 2. The highest BCUT2D eigenvalue weighted by Gasteiger charge is 2.10. The predicted molar refractivity (Wildman–Crippen MR) is 67.5 cm³/mol. The smallest absolute Gasteiger partial charge is 0.301 e. The van der Waals surface area contributed by atoms with Crippen LogP contribution in [-0.4, -0.2) is 10.8 Å². The van der Waals surface area contributed by atoms with Crippen molar-refractivity contribution in [3.05, 3.63) is 78.3 Å². The summed E-state index contributed by atoms with van der Waals surface area (Å²) in [7, 11) is 0. The van der Waals surface area contributed by atoms with Crippen LogP contribution in [-0.2, 0) is 6.54 Å². The van der Waals surface area contributed by atoms with Gasteiger partial charge in [0.1, 0.15) is 6.54 Å². The van der Waals surface area contributed by atoms with Gasteiger partial charge in [0.15, 0.2) is 0 Å². The number of nitrogens with zero attached hydrogens (tertiary/aromatic N) is 1. The molecule has 92 valence electrons. The molecule has 0 spiro atoms. The van der Waals surface area contributed by atoms with E-state index in [1.54, 1.807) is 12.1 Å². The molecule has 0 aliphatic carbocycles. The van der Waals surface area contributed by atoms with Gasteiger partial charge in [-0.15, -0.1) is 0 Å². The monoisotopic (exact) mass is 245 g/mol. The zero-order valence-corrected chi connectivity index (χ0v) is 9.76. The first-order chi connectivity index (χ1) is 8.75. The van der Waals surface area contributed by atoms with Gasteiger partial charge >= 0.3 is 6.55 Å². The minimum atomic E-state index is -1.71. The zero-order valence-electron chi connectivity index (χ0n) is 9.76. The first-order valence-corrected chi connectivity index (χ1v) is 5.64. The molecule has 2 aromatic carbocycles. The highest BCUT2D eigenvalue weighted by molar-refractivity contribution is 5.75. The zero-order chi connectivity index (χ0) is 12.8. The topological polar surface area (TPSA) is 3.01 Å². The van der Waals surface area contributed by atoms with Gasteiger partial charge < -0.3 is 4.58 Å². The van der Waals surface area contributed by atoms with Crippen LogP contribution in [0.25, 0.3) is 0 Å². The summed E-state index contributed by atoms with van der Waals surface area (Å²) in [5.74, 6) is 0. The second-order valence-corrected chi connectivity index (χ2v) is 3.89. The summed E-state index contributed by atoms with van der Waals surface area (Å²) in [4.78, 5) is 0. The Morgan fingerprint density at radius 3 is 2.00 bits per heavy atom. The molecule has 0 bridgehead atoms. The molecule has 0 aliphatic rings. The van der Waals surface area contributed by atoms with Gasteiger partial charge in [-0.3, -0.25) is 0 Å². The Bertz CT molecular complexity index is 507. The minimum Gasteiger partial charge on any atom is -0.301 e. The van der Waals surface area contributed by atoms with Crippen LogP contribution in [0, 0.1) is 6.55 Å². The second-order valence-electron chi connectivity index (χ2n) is 3.89. The molecule has 0 radical (unpaired) electrons. The molecule has 2 aromatic rings. The number of benzene rings is 2. The van der Waals surface area contributed by atoms with E-state index in [0.29, 0.717) is 0 Å². The summed E-state index contributed by atoms with van der Waals surface area (Å²) >= 11 is 0. The average Bonchev–Trinajstić information content (AvgIpc) is 2.40. The molecule has 0 saturated heterocycles. The first kappa shape index (κ1) is 12.3. The fraction of sp³-hybridized carbons (Fsp3) is 0.0667. The Morgan fingerprint density at radius 2 is 1.44 bits per heavy atom. The highest BCUT2D eigenvalue weighted by atomic mass is 19.3. The Hall–Kier alpha value is -2.16. The molecule has 0 amide bonds. The van der Waals surface area contributed by atoms with Crippen molar-refractivity contribution < 1.29 is 13.4 Å². The maximum absolute atomic E-state index is 12.9. The summed E-state index contributed by atoms with van der Waals surface area (Å²) in [6, 6.07) is 18.3. The minimum absolute atomic E-state index is 0.165. The molecule has 18 heavy (non-hydrogen) atoms. The van der Waals surface area contributed by atoms with Gasteiger partial charge in [-0.2, -0.15) is 0 Å². The number of rotatable bonds is 4. The molecule has 0 saturated carbocycles. The van der Waals surface area contributed by atoms with Crippen molar-refractivity contribution in [1.82, 2.24) is 0 Å². The van der Waals surface area contributed by atoms with E-state index in [9.17, 15) is 8.78 Å². The third-order valence-corrected chi connectivity index (χ3v) is 2.52. The van der Waals surface area contributed by atoms with Crippen molar-refractivity contribution >= 4 is 6.21 Å². The fourth-order valence-electron chi connectivity index (χ4n) is 1.65. The van der Waals surface area contributed by atoms with Crippen LogP contribution in [0.1, 0.15) is 11.1 Å². The van der Waals surface area contributed by atoms with Crippen LogP contribution in [0.2, 0.25) is 0 Å². The largest absolute Gasteiger partial charge is 0.368 e. The summed E-state index contributed by atoms with van der Waals surface area (Å²) in [6.07, 6.45) is 1.45. The van der Waals surface area contributed by atoms with Gasteiger partial charge in [0.2, 0.25) is 0 Å². The van der Waals surface area contributed by atoms with Gasteiger partial charge in [-0.05, 0) is 5.56 Å². The summed E-state index contributed by atoms with van der Waals surface area (Å²) in [5, 5.41) is 0. The van der Waals surface area contributed by atoms with E-state index < -0.39 is 6.55 Å². The van der Waals surface area contributed by atoms with E-state index in [0.717, 1.165) is 15.7 Å². The SMILES string of the molecule is F[C-](F)/[N+](=C\c1ccccc1)Cc1ccccc1. The molecule has 1 nitrogen and oxygen atoms in total. The summed E-state index contributed by atoms with van der Waals surface area (Å²) in [6.45, 7) is -1.54. The van der Waals surface area contributed by atoms with Crippen LogP contribution < -0.4 is 0 Å². The van der Waals surface area contributed by atoms with E-state index in [1.807, 2.05) is 48.5 Å². The number of hydrogen-bond acceptors (Lipinski definition) is 0. The van der Waals surface area contributed by atoms with E-state index in [1.165, 1.54) is 6.21 Å². The highest BCUT2D eigenvalue weighted by Crippen LogP contribution is 2.11. The van der Waals surface area contributed by atoms with Crippen LogP contribution in [0.15, 0.2) is 60.7 Å². The van der Waals surface area contributed by atoms with Gasteiger partial charge in [-0.25, -0.2) is 8.78 Å². The molecule has 0 atom stereocenters. The maximum atomic E-state index is 12.9. The molecule has 0 fully saturated rings. The molecule has 0 heterocycles. The third kappa shape index (κ3) is 3.42. The van der Waals surface area contributed by atoms with Gasteiger partial charge in [-0.1, -0.05) is 60.7 Å². The molecule has 0 N–H and O–H groups in total. The molecule has 3 heteroatoms. The molecular weight excluding hydrogens is 232 g/mol. The molecule has 0 unspecified atom stereocenters. The van der Waals surface area contributed by atoms with Crippen LogP contribution in [0.3, 0.4) is 0 Å². The van der Waals surface area contributed by atoms with Crippen molar-refractivity contribution in [2.75, 3.05) is 0 Å². The predicted octanol–water partition coefficient (Wildman–Crippen LogP) is 3.70. The molecule has 0 aliphatic heterocycles. The standard InChI is InChI=1S/C15H13F2N/c16-15(17)18(11-13-7-3-1-4-8-13)12-14-9-5-2-6-10-14/h1-11H,12H2. The molecule has 2 rings (SSSR count). The second kappa shape index (κ2) is 5.96. The van der Waals surface area contributed by atoms with Crippen LogP contribution in [0.5, 0.6) is 0 Å². The number of hydrogen-bond donors (Lipinski definition) is 0. The summed E-state index contributed by atoms with van der Waals surface area (Å²) in [5.41, 5.74) is 1.60. The van der Waals surface area contributed by atoms with E-state index >= 15 is 0 Å². The summed E-state index contributed by atoms with van der Waals surface area (Å²) < 4.78 is 26.7. The van der Waals surface area contributed by atoms with E-state index in [4.69, 9.17) is 0 Å². The van der Waals surface area contributed by atoms with Crippen molar-refractivity contribution in [1.29, 1.82) is 0 Å². The fourth-order valence-corrected chi connectivity index (χ4v) is 1.65. The Balaban J connectivity index is 2.22. The van der Waals surface area contributed by atoms with Crippen molar-refractivity contribution in [2.24, 2.45) is 0 Å². The normalized spacial score (nSPS) is 11.3. The van der Waals surface area contributed by atoms with Crippen LogP contribution >= 0.6 is 0 Å². The van der Waals surface area contributed by atoms with Crippen molar-refractivity contribution in [2.45, 2.75) is 6.54 Å². The lowest BCUT2D eigenvalue weighted by Crippen LogP contribution is -2.13. The Kier molecular flexibility index (Phi) is 4.07. The van der Waals surface area contributed by atoms with Crippen LogP contribution in [0.4, 0.5) is 8.78 Å². The Morgan fingerprint density at radius 1 is 0.889 bits per heavy atom. The maximum Gasteiger partial charge on any atom is 0.368 e. The van der Waals surface area contributed by atoms with Gasteiger partial charge in [0.25, 0.3) is 0 Å². The van der Waals surface area contributed by atoms with Crippen molar-refractivity contribution in [3.8, 4) is 0 Å².